The van der Waals surface area contributed by atoms with Crippen LogP contribution < -0.4 is 29.8 Å². The summed E-state index contributed by atoms with van der Waals surface area (Å²) in [6.07, 6.45) is 4.12. The molecule has 5 aromatic rings. The number of benzene rings is 4. The van der Waals surface area contributed by atoms with Gasteiger partial charge in [-0.05, 0) is 104 Å². The number of amides is 2. The highest BCUT2D eigenvalue weighted by Crippen LogP contribution is 2.60. The van der Waals surface area contributed by atoms with Crippen molar-refractivity contribution in [3.05, 3.63) is 124 Å². The standard InChI is InChI=1S/C49H59N7O9Si/c1-6-64-39-16-20-43-34(27-39)28-42(50-23-7-8-25-57)47(59)55(43)36-11-9-33(10-12-36)30-54-44-19-13-37(56(61)62)29-41(44)49(48(54)60)32(2)46(66(4,5)40-17-14-38(63-3)15-18-40)45(65-49)21-24-53-31-35(22-26-58)51-52-53/h9-20,27,29,31-32,42,45-46,50,57-58H,6-8,21-26,28,30H2,1-5H3/t32-,42?,45+,46-,49+/m1/s1. The van der Waals surface area contributed by atoms with E-state index in [0.717, 1.165) is 39.9 Å². The predicted molar refractivity (Wildman–Crippen MR) is 252 cm³/mol. The van der Waals surface area contributed by atoms with Crippen molar-refractivity contribution in [3.63, 3.8) is 0 Å². The molecule has 4 heterocycles. The fourth-order valence-electron chi connectivity index (χ4n) is 10.4. The summed E-state index contributed by atoms with van der Waals surface area (Å²) in [6.45, 7) is 10.3. The Labute approximate surface area is 385 Å². The number of nitro groups is 1. The van der Waals surface area contributed by atoms with Crippen molar-refractivity contribution in [3.8, 4) is 11.5 Å². The number of nitrogens with one attached hydrogen (secondary N) is 1. The maximum Gasteiger partial charge on any atom is 0.269 e. The number of carbonyl (C=O) groups is 2. The van der Waals surface area contributed by atoms with Gasteiger partial charge in [-0.1, -0.05) is 54.7 Å². The summed E-state index contributed by atoms with van der Waals surface area (Å²) in [5.74, 6) is 0.691. The third kappa shape index (κ3) is 8.73. The number of ether oxygens (including phenoxy) is 3. The molecule has 17 heteroatoms. The lowest BCUT2D eigenvalue weighted by Crippen LogP contribution is -2.51. The fourth-order valence-corrected chi connectivity index (χ4v) is 14.5. The first-order chi connectivity index (χ1) is 31.8. The van der Waals surface area contributed by atoms with Crippen LogP contribution in [0.15, 0.2) is 91.1 Å². The van der Waals surface area contributed by atoms with Crippen molar-refractivity contribution >= 4 is 47.8 Å². The first kappa shape index (κ1) is 46.5. The summed E-state index contributed by atoms with van der Waals surface area (Å²) in [4.78, 5) is 45.0. The minimum Gasteiger partial charge on any atom is -0.497 e. The van der Waals surface area contributed by atoms with Crippen LogP contribution in [0.5, 0.6) is 11.5 Å². The van der Waals surface area contributed by atoms with E-state index in [1.165, 1.54) is 12.1 Å². The Hall–Kier alpha value is -5.98. The molecule has 1 aromatic heterocycles. The van der Waals surface area contributed by atoms with Gasteiger partial charge in [0.25, 0.3) is 11.6 Å². The highest BCUT2D eigenvalue weighted by Gasteiger charge is 2.66. The van der Waals surface area contributed by atoms with Crippen LogP contribution in [0.2, 0.25) is 18.6 Å². The number of fused-ring (bicyclic) bond motifs is 3. The zero-order valence-electron chi connectivity index (χ0n) is 38.2. The molecule has 2 amide bonds. The smallest absolute Gasteiger partial charge is 0.269 e. The largest absolute Gasteiger partial charge is 0.497 e. The fraction of sp³-hybridized carbons (Fsp3) is 0.429. The number of nitrogens with zero attached hydrogens (tertiary/aromatic N) is 6. The van der Waals surface area contributed by atoms with Gasteiger partial charge in [0.15, 0.2) is 5.60 Å². The summed E-state index contributed by atoms with van der Waals surface area (Å²) in [6, 6.07) is 25.6. The number of nitro benzene ring substituents is 1. The van der Waals surface area contributed by atoms with Crippen molar-refractivity contribution in [1.29, 1.82) is 0 Å². The Morgan fingerprint density at radius 1 is 0.970 bits per heavy atom. The first-order valence-electron chi connectivity index (χ1n) is 22.8. The molecular weight excluding hydrogens is 859 g/mol. The van der Waals surface area contributed by atoms with E-state index in [0.29, 0.717) is 68.0 Å². The summed E-state index contributed by atoms with van der Waals surface area (Å²) in [7, 11) is -0.893. The third-order valence-electron chi connectivity index (χ3n) is 13.7. The molecule has 0 saturated carbocycles. The molecule has 1 fully saturated rings. The van der Waals surface area contributed by atoms with Crippen LogP contribution in [0.1, 0.15) is 55.5 Å². The lowest BCUT2D eigenvalue weighted by Gasteiger charge is -2.37. The molecule has 66 heavy (non-hydrogen) atoms. The van der Waals surface area contributed by atoms with E-state index in [1.54, 1.807) is 27.7 Å². The van der Waals surface area contributed by atoms with Gasteiger partial charge in [-0.3, -0.25) is 29.3 Å². The third-order valence-corrected chi connectivity index (χ3v) is 18.0. The van der Waals surface area contributed by atoms with Crippen LogP contribution in [-0.2, 0) is 45.9 Å². The number of carbonyl (C=O) groups excluding carboxylic acids is 2. The van der Waals surface area contributed by atoms with Gasteiger partial charge in [-0.15, -0.1) is 5.10 Å². The molecule has 0 bridgehead atoms. The Kier molecular flexibility index (Phi) is 13.7. The van der Waals surface area contributed by atoms with Gasteiger partial charge in [-0.2, -0.15) is 0 Å². The quantitative estimate of drug-likeness (QED) is 0.0383. The Bertz CT molecular complexity index is 2550. The summed E-state index contributed by atoms with van der Waals surface area (Å²) < 4.78 is 20.3. The summed E-state index contributed by atoms with van der Waals surface area (Å²) in [5.41, 5.74) is 3.11. The Morgan fingerprint density at radius 2 is 1.71 bits per heavy atom. The number of hydrogen-bond acceptors (Lipinski definition) is 12. The molecule has 8 rings (SSSR count). The normalized spacial score (nSPS) is 21.4. The van der Waals surface area contributed by atoms with Crippen molar-refractivity contribution in [2.24, 2.45) is 5.92 Å². The number of aryl methyl sites for hydroxylation is 1. The number of non-ortho nitro benzene ring substituents is 1. The van der Waals surface area contributed by atoms with Gasteiger partial charge in [-0.25, -0.2) is 0 Å². The lowest BCUT2D eigenvalue weighted by molar-refractivity contribution is -0.385. The molecule has 3 N–H and O–H groups in total. The molecule has 1 saturated heterocycles. The summed E-state index contributed by atoms with van der Waals surface area (Å²) in [5, 5.41) is 44.2. The van der Waals surface area contributed by atoms with Crippen molar-refractivity contribution in [2.45, 2.75) is 95.4 Å². The molecule has 3 aliphatic heterocycles. The van der Waals surface area contributed by atoms with Gasteiger partial charge < -0.3 is 34.6 Å². The number of hydrogen-bond donors (Lipinski definition) is 3. The minimum atomic E-state index is -2.52. The number of aromatic nitrogens is 3. The van der Waals surface area contributed by atoms with Crippen LogP contribution in [0.25, 0.3) is 0 Å². The van der Waals surface area contributed by atoms with Gasteiger partial charge in [0.1, 0.15) is 11.5 Å². The van der Waals surface area contributed by atoms with Gasteiger partial charge in [0, 0.05) is 61.7 Å². The van der Waals surface area contributed by atoms with Gasteiger partial charge in [0.2, 0.25) is 5.91 Å². The minimum absolute atomic E-state index is 0.0450. The Morgan fingerprint density at radius 3 is 2.41 bits per heavy atom. The number of methoxy groups -OCH3 is 1. The summed E-state index contributed by atoms with van der Waals surface area (Å²) >= 11 is 0. The Balaban J connectivity index is 1.13. The van der Waals surface area contributed by atoms with Crippen molar-refractivity contribution < 1.29 is 38.9 Å². The SMILES string of the molecule is CCOc1ccc2c(c1)CC(NCCCCO)C(=O)N2c1ccc(CN2C(=O)[C@@]3(O[C@@H](CCn4cc(CCO)nn4)[C@H]([Si](C)(C)c4ccc(OC)cc4)[C@H]3C)c3cc([N+](=O)[O-])ccc32)cc1. The van der Waals surface area contributed by atoms with E-state index < -0.39 is 36.7 Å². The zero-order chi connectivity index (χ0) is 46.8. The van der Waals surface area contributed by atoms with E-state index in [4.69, 9.17) is 14.2 Å². The lowest BCUT2D eigenvalue weighted by atomic mass is 9.82. The van der Waals surface area contributed by atoms with Gasteiger partial charge in [0.05, 0.1) is 62.5 Å². The monoisotopic (exact) mass is 917 g/mol. The number of unbranched alkanes of at least 4 members (excludes halogenated alkanes) is 1. The van der Waals surface area contributed by atoms with Crippen LogP contribution in [0.3, 0.4) is 0 Å². The maximum absolute atomic E-state index is 15.5. The molecule has 0 radical (unpaired) electrons. The topological polar surface area (TPSA) is 195 Å². The van der Waals surface area contributed by atoms with Crippen molar-refractivity contribution in [1.82, 2.24) is 20.3 Å². The average Bonchev–Trinajstić information content (AvgIpc) is 3.97. The predicted octanol–water partition coefficient (Wildman–Crippen LogP) is 5.93. The second kappa shape index (κ2) is 19.5. The van der Waals surface area contributed by atoms with Crippen LogP contribution in [0, 0.1) is 16.0 Å². The molecule has 16 nitrogen and oxygen atoms in total. The molecule has 1 spiro atoms. The highest BCUT2D eigenvalue weighted by molar-refractivity contribution is 6.91. The zero-order valence-corrected chi connectivity index (χ0v) is 39.2. The van der Waals surface area contributed by atoms with E-state index in [9.17, 15) is 25.1 Å². The van der Waals surface area contributed by atoms with Crippen LogP contribution in [-0.4, -0.2) is 95.6 Å². The number of aliphatic hydroxyl groups excluding tert-OH is 2. The first-order valence-corrected chi connectivity index (χ1v) is 25.9. The molecule has 3 aliphatic rings. The van der Waals surface area contributed by atoms with Crippen LogP contribution in [0.4, 0.5) is 22.7 Å². The molecule has 348 valence electrons. The molecular formula is C49H59N7O9Si. The molecule has 1 unspecified atom stereocenters. The van der Waals surface area contributed by atoms with E-state index in [1.807, 2.05) is 67.7 Å². The second-order valence-corrected chi connectivity index (χ2v) is 22.6. The number of rotatable bonds is 19. The molecule has 5 atom stereocenters. The van der Waals surface area contributed by atoms with Crippen molar-refractivity contribution in [2.75, 3.05) is 43.3 Å². The van der Waals surface area contributed by atoms with E-state index in [-0.39, 0.29) is 42.8 Å². The highest BCUT2D eigenvalue weighted by atomic mass is 28.3. The van der Waals surface area contributed by atoms with Gasteiger partial charge >= 0.3 is 0 Å². The second-order valence-electron chi connectivity index (χ2n) is 17.9. The van der Waals surface area contributed by atoms with Crippen LogP contribution >= 0.6 is 0 Å². The molecule has 0 aliphatic carbocycles. The van der Waals surface area contributed by atoms with E-state index >= 15 is 4.79 Å². The number of aliphatic hydroxyl groups is 2. The number of anilines is 3. The van der Waals surface area contributed by atoms with E-state index in [2.05, 4.69) is 47.8 Å². The maximum atomic E-state index is 15.5. The average molecular weight is 918 g/mol. The molecule has 4 aromatic carbocycles.